The van der Waals surface area contributed by atoms with Crippen molar-refractivity contribution >= 4 is 11.7 Å². The average Bonchev–Trinajstić information content (AvgIpc) is 2.91. The molecule has 0 spiro atoms. The fourth-order valence-corrected chi connectivity index (χ4v) is 3.25. The summed E-state index contributed by atoms with van der Waals surface area (Å²) < 4.78 is 5.01. The molecule has 0 bridgehead atoms. The fourth-order valence-electron chi connectivity index (χ4n) is 3.25. The smallest absolute Gasteiger partial charge is 0.255 e. The van der Waals surface area contributed by atoms with E-state index in [1.54, 1.807) is 24.4 Å². The number of anilines is 1. The van der Waals surface area contributed by atoms with Crippen molar-refractivity contribution in [2.45, 2.75) is 45.6 Å². The van der Waals surface area contributed by atoms with E-state index in [2.05, 4.69) is 15.0 Å². The molecule has 0 aliphatic carbocycles. The second kappa shape index (κ2) is 8.14. The molecule has 1 amide bonds. The number of nitrogens with zero attached hydrogens (tertiary/aromatic N) is 4. The first-order valence-corrected chi connectivity index (χ1v) is 9.07. The molecule has 0 N–H and O–H groups in total. The van der Waals surface area contributed by atoms with E-state index in [0.717, 1.165) is 36.6 Å². The van der Waals surface area contributed by atoms with E-state index >= 15 is 0 Å². The van der Waals surface area contributed by atoms with Gasteiger partial charge in [-0.2, -0.15) is 0 Å². The summed E-state index contributed by atoms with van der Waals surface area (Å²) in [6, 6.07) is 3.84. The molecule has 0 aromatic carbocycles. The van der Waals surface area contributed by atoms with Crippen molar-refractivity contribution in [2.24, 2.45) is 0 Å². The molecule has 3 heterocycles. The summed E-state index contributed by atoms with van der Waals surface area (Å²) in [7, 11) is 1.79. The van der Waals surface area contributed by atoms with Crippen LogP contribution in [-0.4, -0.2) is 41.1 Å². The molecule has 6 heteroatoms. The molecular weight excluding hydrogens is 316 g/mol. The van der Waals surface area contributed by atoms with Crippen molar-refractivity contribution in [3.8, 4) is 0 Å². The minimum absolute atomic E-state index is 0.0434. The Labute approximate surface area is 148 Å². The molecule has 0 radical (unpaired) electrons. The molecule has 0 saturated carbocycles. The van der Waals surface area contributed by atoms with Crippen molar-refractivity contribution in [3.63, 3.8) is 0 Å². The molecule has 0 atom stereocenters. The number of aromatic nitrogens is 2. The minimum Gasteiger partial charge on any atom is -0.364 e. The first-order chi connectivity index (χ1) is 12.2. The minimum atomic E-state index is -0.0434. The van der Waals surface area contributed by atoms with Crippen molar-refractivity contribution in [2.75, 3.05) is 25.0 Å². The Kier molecular flexibility index (Phi) is 5.68. The van der Waals surface area contributed by atoms with Crippen LogP contribution in [0.4, 0.5) is 5.82 Å². The highest BCUT2D eigenvalue weighted by Crippen LogP contribution is 2.18. The predicted octanol–water partition coefficient (Wildman–Crippen LogP) is 3.28. The summed E-state index contributed by atoms with van der Waals surface area (Å²) in [5, 5.41) is 3.96. The number of hydrogen-bond acceptors (Lipinski definition) is 5. The number of amides is 1. The molecule has 1 saturated heterocycles. The highest BCUT2D eigenvalue weighted by Gasteiger charge is 2.17. The topological polar surface area (TPSA) is 62.5 Å². The van der Waals surface area contributed by atoms with Crippen LogP contribution in [0.15, 0.2) is 29.1 Å². The van der Waals surface area contributed by atoms with Gasteiger partial charge in [0.2, 0.25) is 0 Å². The van der Waals surface area contributed by atoms with Gasteiger partial charge in [0.05, 0.1) is 17.8 Å². The normalized spacial score (nSPS) is 15.0. The third-order valence-corrected chi connectivity index (χ3v) is 4.74. The summed E-state index contributed by atoms with van der Waals surface area (Å²) in [5.41, 5.74) is 2.46. The third kappa shape index (κ3) is 4.18. The number of pyridine rings is 1. The summed E-state index contributed by atoms with van der Waals surface area (Å²) in [4.78, 5) is 21.2. The van der Waals surface area contributed by atoms with Gasteiger partial charge in [0, 0.05) is 31.9 Å². The van der Waals surface area contributed by atoms with Crippen LogP contribution in [0.5, 0.6) is 0 Å². The van der Waals surface area contributed by atoms with Crippen LogP contribution in [0.2, 0.25) is 0 Å². The molecule has 0 unspecified atom stereocenters. The van der Waals surface area contributed by atoms with Crippen LogP contribution < -0.4 is 4.90 Å². The standard InChI is InChI=1S/C19H26N4O2/c1-3-17-16(14-25-21-17)13-22(2)19(24)15-8-9-18(20-12-15)23-10-6-4-5-7-11-23/h8-9,12,14H,3-7,10-11,13H2,1-2H3. The molecule has 6 nitrogen and oxygen atoms in total. The van der Waals surface area contributed by atoms with Crippen LogP contribution in [0.1, 0.15) is 54.2 Å². The number of aryl methyl sites for hydroxylation is 1. The molecule has 2 aromatic rings. The maximum Gasteiger partial charge on any atom is 0.255 e. The van der Waals surface area contributed by atoms with Crippen molar-refractivity contribution < 1.29 is 9.32 Å². The van der Waals surface area contributed by atoms with Crippen molar-refractivity contribution in [3.05, 3.63) is 41.4 Å². The number of hydrogen-bond donors (Lipinski definition) is 0. The van der Waals surface area contributed by atoms with Gasteiger partial charge in [0.1, 0.15) is 12.1 Å². The van der Waals surface area contributed by atoms with E-state index in [0.29, 0.717) is 12.1 Å². The zero-order valence-electron chi connectivity index (χ0n) is 15.1. The Hall–Kier alpha value is -2.37. The predicted molar refractivity (Wildman–Crippen MR) is 96.6 cm³/mol. The molecule has 25 heavy (non-hydrogen) atoms. The van der Waals surface area contributed by atoms with Crippen LogP contribution in [0.3, 0.4) is 0 Å². The molecule has 1 fully saturated rings. The first kappa shape index (κ1) is 17.5. The highest BCUT2D eigenvalue weighted by molar-refractivity contribution is 5.93. The SMILES string of the molecule is CCc1nocc1CN(C)C(=O)c1ccc(N2CCCCCC2)nc1. The van der Waals surface area contributed by atoms with E-state index in [-0.39, 0.29) is 5.91 Å². The lowest BCUT2D eigenvalue weighted by molar-refractivity contribution is 0.0784. The monoisotopic (exact) mass is 342 g/mol. The summed E-state index contributed by atoms with van der Waals surface area (Å²) in [5.74, 6) is 0.923. The van der Waals surface area contributed by atoms with Gasteiger partial charge < -0.3 is 14.3 Å². The first-order valence-electron chi connectivity index (χ1n) is 9.07. The van der Waals surface area contributed by atoms with Gasteiger partial charge in [-0.3, -0.25) is 4.79 Å². The lowest BCUT2D eigenvalue weighted by atomic mass is 10.2. The number of rotatable bonds is 5. The number of carbonyl (C=O) groups excluding carboxylic acids is 1. The second-order valence-corrected chi connectivity index (χ2v) is 6.61. The van der Waals surface area contributed by atoms with Gasteiger partial charge in [0.15, 0.2) is 0 Å². The van der Waals surface area contributed by atoms with Gasteiger partial charge in [0.25, 0.3) is 5.91 Å². The molecule has 3 rings (SSSR count). The highest BCUT2D eigenvalue weighted by atomic mass is 16.5. The molecular formula is C19H26N4O2. The lowest BCUT2D eigenvalue weighted by Gasteiger charge is -2.22. The third-order valence-electron chi connectivity index (χ3n) is 4.74. The van der Waals surface area contributed by atoms with E-state index < -0.39 is 0 Å². The lowest BCUT2D eigenvalue weighted by Crippen LogP contribution is -2.27. The van der Waals surface area contributed by atoms with E-state index in [1.807, 2.05) is 19.1 Å². The molecule has 1 aliphatic rings. The van der Waals surface area contributed by atoms with E-state index in [4.69, 9.17) is 4.52 Å². The average molecular weight is 342 g/mol. The van der Waals surface area contributed by atoms with Gasteiger partial charge in [-0.25, -0.2) is 4.98 Å². The van der Waals surface area contributed by atoms with Gasteiger partial charge in [-0.05, 0) is 31.4 Å². The van der Waals surface area contributed by atoms with E-state index in [1.165, 1.54) is 25.7 Å². The Morgan fingerprint density at radius 2 is 2.00 bits per heavy atom. The zero-order chi connectivity index (χ0) is 17.6. The van der Waals surface area contributed by atoms with Crippen LogP contribution in [0.25, 0.3) is 0 Å². The van der Waals surface area contributed by atoms with Crippen LogP contribution >= 0.6 is 0 Å². The molecule has 134 valence electrons. The Morgan fingerprint density at radius 3 is 2.64 bits per heavy atom. The van der Waals surface area contributed by atoms with Crippen LogP contribution in [-0.2, 0) is 13.0 Å². The second-order valence-electron chi connectivity index (χ2n) is 6.61. The maximum atomic E-state index is 12.6. The molecule has 2 aromatic heterocycles. The largest absolute Gasteiger partial charge is 0.364 e. The van der Waals surface area contributed by atoms with Gasteiger partial charge in [-0.15, -0.1) is 0 Å². The summed E-state index contributed by atoms with van der Waals surface area (Å²) >= 11 is 0. The molecule has 1 aliphatic heterocycles. The summed E-state index contributed by atoms with van der Waals surface area (Å²) in [6.45, 7) is 4.61. The Bertz CT molecular complexity index is 688. The van der Waals surface area contributed by atoms with Gasteiger partial charge >= 0.3 is 0 Å². The van der Waals surface area contributed by atoms with Crippen molar-refractivity contribution in [1.82, 2.24) is 15.0 Å². The van der Waals surface area contributed by atoms with Crippen LogP contribution in [0, 0.1) is 0 Å². The Morgan fingerprint density at radius 1 is 1.24 bits per heavy atom. The van der Waals surface area contributed by atoms with Gasteiger partial charge in [-0.1, -0.05) is 24.9 Å². The number of carbonyl (C=O) groups is 1. The maximum absolute atomic E-state index is 12.6. The fraction of sp³-hybridized carbons (Fsp3) is 0.526. The van der Waals surface area contributed by atoms with Crippen molar-refractivity contribution in [1.29, 1.82) is 0 Å². The zero-order valence-corrected chi connectivity index (χ0v) is 15.1. The quantitative estimate of drug-likeness (QED) is 0.834. The van der Waals surface area contributed by atoms with E-state index in [9.17, 15) is 4.79 Å². The summed E-state index contributed by atoms with van der Waals surface area (Å²) in [6.07, 6.45) is 9.10. The Balaban J connectivity index is 1.65.